The minimum absolute atomic E-state index is 1.15. The summed E-state index contributed by atoms with van der Waals surface area (Å²) >= 11 is 0. The number of hydrogen-bond acceptors (Lipinski definition) is 0. The maximum absolute atomic E-state index is 5.15. The van der Waals surface area contributed by atoms with Crippen molar-refractivity contribution in [3.05, 3.63) is 124 Å². The molecule has 0 bridgehead atoms. The first-order chi connectivity index (χ1) is 54.1. The van der Waals surface area contributed by atoms with Gasteiger partial charge in [-0.3, -0.25) is 0 Å². The van der Waals surface area contributed by atoms with Crippen LogP contribution in [-0.2, 0) is 0 Å². The fourth-order valence-corrected chi connectivity index (χ4v) is 11.3. The quantitative estimate of drug-likeness (QED) is 0.0323. The molecule has 640 valence electrons. The van der Waals surface area contributed by atoms with E-state index in [-0.39, 0.29) is 0 Å². The zero-order chi connectivity index (χ0) is 83.6. The molecule has 0 radical (unpaired) electrons. The summed E-state index contributed by atoms with van der Waals surface area (Å²) in [6, 6.07) is 0. The van der Waals surface area contributed by atoms with Gasteiger partial charge in [0.05, 0.1) is 0 Å². The second kappa shape index (κ2) is 153. The third-order valence-corrected chi connectivity index (χ3v) is 18.5. The molecule has 0 atom stereocenters. The van der Waals surface area contributed by atoms with Crippen LogP contribution in [0.4, 0.5) is 0 Å². The van der Waals surface area contributed by atoms with Crippen LogP contribution in [0.15, 0.2) is 124 Å². The number of rotatable bonds is 70. The van der Waals surface area contributed by atoms with Gasteiger partial charge in [-0.05, 0) is 146 Å². The van der Waals surface area contributed by atoms with Gasteiger partial charge in [-0.15, -0.1) is 65.0 Å². The van der Waals surface area contributed by atoms with E-state index in [4.69, 9.17) is 32.1 Å². The lowest BCUT2D eigenvalue weighted by atomic mass is 10.0. The largest absolute Gasteiger partial charge is 0.115 e. The first-order valence-electron chi connectivity index (χ1n) is 47.7. The van der Waals surface area contributed by atoms with Crippen LogP contribution in [-0.4, -0.2) is 0 Å². The van der Waals surface area contributed by atoms with Gasteiger partial charge in [-0.25, -0.2) is 0 Å². The zero-order valence-electron chi connectivity index (χ0n) is 77.1. The summed E-state index contributed by atoms with van der Waals surface area (Å²) in [4.78, 5) is 0. The van der Waals surface area contributed by atoms with Gasteiger partial charge in [0, 0.05) is 0 Å². The first-order valence-corrected chi connectivity index (χ1v) is 47.7. The Morgan fingerprint density at radius 3 is 0.391 bits per heavy atom. The van der Waals surface area contributed by atoms with Crippen molar-refractivity contribution in [1.29, 1.82) is 0 Å². The molecule has 0 rings (SSSR count). The average molecular weight is 1520 g/mol. The van der Waals surface area contributed by atoms with Crippen molar-refractivity contribution in [2.24, 2.45) is 0 Å². The molecule has 0 spiro atoms. The van der Waals surface area contributed by atoms with Crippen LogP contribution in [0.1, 0.15) is 519 Å². The van der Waals surface area contributed by atoms with Crippen molar-refractivity contribution < 1.29 is 0 Å². The summed E-state index contributed by atoms with van der Waals surface area (Å²) in [6.07, 6.45) is 149. The van der Waals surface area contributed by atoms with Crippen molar-refractivity contribution in [3.8, 4) is 61.7 Å². The minimum Gasteiger partial charge on any atom is -0.115 e. The first kappa shape index (κ1) is 126. The maximum Gasteiger partial charge on any atom is -0.0162 e. The number of hydrogen-bond donors (Lipinski definition) is 0. The van der Waals surface area contributed by atoms with Gasteiger partial charge in [-0.2, -0.15) is 0 Å². The van der Waals surface area contributed by atoms with E-state index in [1.165, 1.54) is 411 Å². The Labute approximate surface area is 700 Å². The molecule has 0 heteroatoms. The predicted molar refractivity (Wildman–Crippen MR) is 521 cm³/mol. The van der Waals surface area contributed by atoms with Crippen molar-refractivity contribution in [3.63, 3.8) is 0 Å². The molecule has 0 amide bonds. The Morgan fingerprint density at radius 2 is 0.264 bits per heavy atom. The van der Waals surface area contributed by atoms with Gasteiger partial charge in [-0.1, -0.05) is 493 Å². The Balaban J connectivity index is -0.000000129. The van der Waals surface area contributed by atoms with Gasteiger partial charge in [0.25, 0.3) is 0 Å². The van der Waals surface area contributed by atoms with Crippen molar-refractivity contribution in [1.82, 2.24) is 0 Å². The van der Waals surface area contributed by atoms with Crippen LogP contribution in [0, 0.1) is 61.7 Å². The van der Waals surface area contributed by atoms with Crippen molar-refractivity contribution >= 4 is 0 Å². The SMILES string of the molecule is C#CC=CCCCCCCC.C#CC=CCCCCCCCCC.C#CC=CCCCCCCCCCCC.C#CC=CCCCCCCCCCCCCC.C#CC=CCCCCCCCCCCCCCCC.C=CCCC.C=CCCCC.C=CCCCCC.C=CCCCCCC.C=CCCCCCCC. The highest BCUT2D eigenvalue weighted by Crippen LogP contribution is 2.16. The van der Waals surface area contributed by atoms with Gasteiger partial charge < -0.3 is 0 Å². The van der Waals surface area contributed by atoms with Crippen molar-refractivity contribution in [2.45, 2.75) is 519 Å². The molecule has 0 aromatic heterocycles. The Hall–Kier alpha value is -4.80. The standard InChI is InChI=1S/C19H34.C17H30.C15H26.C13H22.C11H18.C9H18.C8H16.C7H14.C6H12.C5H10/c1-3-5-7-9-11-13-15-17-19-18-16-14-12-10-8-6-4-2;1-3-5-7-9-11-13-15-17-16-14-12-10-8-6-4-2;1-3-5-7-9-11-13-15-14-12-10-8-6-4-2;1-3-5-7-9-11-13-12-10-8-6-4-2;1-3-5-7-9-11-10-8-6-4-2;1-3-5-7-9-8-6-4-2;1-3-5-7-8-6-4-2;1-3-5-7-6-4-2;1-3-5-6-4-2;1-3-5-4-2/h1,5,7H,4,6,8-19H2,2H3;1,5,7H,4,6,8-17H2,2H3;1,5,7H,4,6,8-15H2,2H3;1,5,7H,4,6,8-13H2,2H3;1,5,7H,4,6,8-11H2,2H3;3H,1,4-9H2,2H3;3H,1,4-8H2,2H3;3H,1,4-7H2,2H3;3H,1,4-6H2,2H3;3H,1,4-5H2,2H3. The van der Waals surface area contributed by atoms with Gasteiger partial charge in [0.2, 0.25) is 0 Å². The molecule has 0 heterocycles. The van der Waals surface area contributed by atoms with Crippen LogP contribution < -0.4 is 0 Å². The molecule has 110 heavy (non-hydrogen) atoms. The highest BCUT2D eigenvalue weighted by molar-refractivity contribution is 5.10. The smallest absolute Gasteiger partial charge is 0.0162 e. The normalized spacial score (nSPS) is 10.0. The van der Waals surface area contributed by atoms with Crippen LogP contribution in [0.3, 0.4) is 0 Å². The predicted octanol–water partition coefficient (Wildman–Crippen LogP) is 39.2. The van der Waals surface area contributed by atoms with E-state index < -0.39 is 0 Å². The maximum atomic E-state index is 5.15. The summed E-state index contributed by atoms with van der Waals surface area (Å²) in [5.41, 5.74) is 0. The molecule has 0 aliphatic heterocycles. The lowest BCUT2D eigenvalue weighted by molar-refractivity contribution is 0.540. The molecule has 0 fully saturated rings. The van der Waals surface area contributed by atoms with E-state index in [1.54, 1.807) is 12.2 Å². The number of terminal acetylenes is 5. The van der Waals surface area contributed by atoms with Gasteiger partial charge in [0.1, 0.15) is 0 Å². The molecular formula is C110H200. The lowest BCUT2D eigenvalue weighted by Crippen LogP contribution is -1.82. The third kappa shape index (κ3) is 191. The lowest BCUT2D eigenvalue weighted by Gasteiger charge is -2.02. The second-order valence-electron chi connectivity index (χ2n) is 29.9. The Kier molecular flexibility index (Phi) is 175. The summed E-state index contributed by atoms with van der Waals surface area (Å²) in [6.45, 7) is 40.4. The molecule has 0 aromatic carbocycles. The molecule has 0 aromatic rings. The topological polar surface area (TPSA) is 0 Å². The summed E-state index contributed by atoms with van der Waals surface area (Å²) in [5, 5.41) is 0. The number of unbranched alkanes of at least 4 members (excludes halogenated alkanes) is 60. The molecule has 0 unspecified atom stereocenters. The van der Waals surface area contributed by atoms with Crippen molar-refractivity contribution in [2.75, 3.05) is 0 Å². The van der Waals surface area contributed by atoms with E-state index in [9.17, 15) is 0 Å². The molecule has 0 saturated carbocycles. The van der Waals surface area contributed by atoms with Gasteiger partial charge in [0.15, 0.2) is 0 Å². The van der Waals surface area contributed by atoms with E-state index >= 15 is 0 Å². The summed E-state index contributed by atoms with van der Waals surface area (Å²) < 4.78 is 0. The van der Waals surface area contributed by atoms with E-state index in [2.05, 4.69) is 162 Å². The highest BCUT2D eigenvalue weighted by atomic mass is 14.0. The Morgan fingerprint density at radius 1 is 0.145 bits per heavy atom. The van der Waals surface area contributed by atoms with Gasteiger partial charge >= 0.3 is 0 Å². The summed E-state index contributed by atoms with van der Waals surface area (Å²) in [5.74, 6) is 12.6. The highest BCUT2D eigenvalue weighted by Gasteiger charge is 1.97. The third-order valence-electron chi connectivity index (χ3n) is 18.5. The van der Waals surface area contributed by atoms with Crippen LogP contribution in [0.2, 0.25) is 0 Å². The second-order valence-corrected chi connectivity index (χ2v) is 29.9. The Bertz CT molecular complexity index is 1920. The monoisotopic (exact) mass is 1520 g/mol. The molecule has 0 saturated heterocycles. The van der Waals surface area contributed by atoms with E-state index in [0.29, 0.717) is 0 Å². The molecule has 0 aliphatic carbocycles. The minimum atomic E-state index is 1.15. The van der Waals surface area contributed by atoms with E-state index in [1.807, 2.05) is 48.6 Å². The van der Waals surface area contributed by atoms with Crippen LogP contribution in [0.25, 0.3) is 0 Å². The van der Waals surface area contributed by atoms with E-state index in [0.717, 1.165) is 38.5 Å². The molecular weight excluding hydrogens is 1320 g/mol. The summed E-state index contributed by atoms with van der Waals surface area (Å²) in [7, 11) is 0. The molecule has 0 nitrogen and oxygen atoms in total. The zero-order valence-corrected chi connectivity index (χ0v) is 77.1. The fraction of sp³-hybridized carbons (Fsp3) is 0.727. The van der Waals surface area contributed by atoms with Crippen LogP contribution in [0.5, 0.6) is 0 Å². The average Bonchev–Trinajstić information content (AvgIpc) is 3.39. The molecule has 0 aliphatic rings. The molecule has 0 N–H and O–H groups in total. The van der Waals surface area contributed by atoms with Crippen LogP contribution >= 0.6 is 0 Å². The fourth-order valence-electron chi connectivity index (χ4n) is 11.3. The number of allylic oxidation sites excluding steroid dienone is 15.